The molecule has 0 saturated carbocycles. The number of carbonyl (C=O) groups excluding carboxylic acids is 1. The third-order valence-electron chi connectivity index (χ3n) is 5.25. The van der Waals surface area contributed by atoms with E-state index in [9.17, 15) is 9.18 Å². The molecule has 7 nitrogen and oxygen atoms in total. The van der Waals surface area contributed by atoms with Crippen LogP contribution in [0.3, 0.4) is 0 Å². The van der Waals surface area contributed by atoms with E-state index < -0.39 is 0 Å². The van der Waals surface area contributed by atoms with E-state index in [4.69, 9.17) is 4.52 Å². The summed E-state index contributed by atoms with van der Waals surface area (Å²) in [6.45, 7) is 1.11. The topological polar surface area (TPSA) is 87.9 Å². The minimum atomic E-state index is -0.274. The van der Waals surface area contributed by atoms with Crippen molar-refractivity contribution in [3.8, 4) is 11.4 Å². The highest BCUT2D eigenvalue weighted by molar-refractivity contribution is 5.86. The Morgan fingerprint density at radius 1 is 1.24 bits per heavy atom. The number of nitrogens with one attached hydrogen (secondary N) is 1. The van der Waals surface area contributed by atoms with Crippen LogP contribution in [0.15, 0.2) is 47.2 Å². The fourth-order valence-corrected chi connectivity index (χ4v) is 3.75. The van der Waals surface area contributed by atoms with E-state index in [1.165, 1.54) is 12.1 Å². The van der Waals surface area contributed by atoms with Crippen molar-refractivity contribution in [2.24, 2.45) is 0 Å². The van der Waals surface area contributed by atoms with Crippen molar-refractivity contribution in [2.45, 2.75) is 25.8 Å². The first-order valence-electron chi connectivity index (χ1n) is 9.47. The Morgan fingerprint density at radius 2 is 2.10 bits per heavy atom. The fraction of sp³-hybridized carbons (Fsp3) is 0.238. The maximum Gasteiger partial charge on any atom is 0.227 e. The molecule has 3 aromatic heterocycles. The van der Waals surface area contributed by atoms with Crippen molar-refractivity contribution in [1.82, 2.24) is 25.0 Å². The average molecular weight is 391 g/mol. The standard InChI is InChI=1S/C21H18FN5O2/c22-14-1-2-17-15(11-14)16-12-27(10-7-18(16)24-17)20(28)4-3-19-25-21(26-29-19)13-5-8-23-9-6-13/h1-2,5-6,8-9,11,24H,3-4,7,10,12H2. The van der Waals surface area contributed by atoms with Gasteiger partial charge in [0.15, 0.2) is 0 Å². The molecule has 4 aromatic rings. The van der Waals surface area contributed by atoms with E-state index >= 15 is 0 Å². The van der Waals surface area contributed by atoms with Crippen LogP contribution in [-0.2, 0) is 24.2 Å². The SMILES string of the molecule is O=C(CCc1nc(-c2ccncc2)no1)N1CCc2[nH]c3ccc(F)cc3c2C1. The molecule has 1 N–H and O–H groups in total. The number of amides is 1. The third kappa shape index (κ3) is 3.37. The van der Waals surface area contributed by atoms with Crippen LogP contribution in [0.2, 0.25) is 0 Å². The summed E-state index contributed by atoms with van der Waals surface area (Å²) < 4.78 is 18.9. The maximum atomic E-state index is 13.7. The molecule has 1 aromatic carbocycles. The predicted octanol–water partition coefficient (Wildman–Crippen LogP) is 3.27. The van der Waals surface area contributed by atoms with Crippen LogP contribution in [0.25, 0.3) is 22.3 Å². The van der Waals surface area contributed by atoms with Crippen molar-refractivity contribution < 1.29 is 13.7 Å². The molecular weight excluding hydrogens is 373 g/mol. The Kier molecular flexibility index (Phi) is 4.31. The van der Waals surface area contributed by atoms with E-state index in [0.29, 0.717) is 31.2 Å². The monoisotopic (exact) mass is 391 g/mol. The summed E-state index contributed by atoms with van der Waals surface area (Å²) in [6, 6.07) is 8.31. The Bertz CT molecular complexity index is 1180. The summed E-state index contributed by atoms with van der Waals surface area (Å²) >= 11 is 0. The van der Waals surface area contributed by atoms with Gasteiger partial charge < -0.3 is 14.4 Å². The van der Waals surface area contributed by atoms with Gasteiger partial charge in [0.2, 0.25) is 17.6 Å². The molecule has 1 aliphatic heterocycles. The van der Waals surface area contributed by atoms with Gasteiger partial charge in [0.25, 0.3) is 0 Å². The molecule has 146 valence electrons. The number of hydrogen-bond donors (Lipinski definition) is 1. The number of halogens is 1. The van der Waals surface area contributed by atoms with Crippen molar-refractivity contribution in [2.75, 3.05) is 6.54 Å². The van der Waals surface area contributed by atoms with Crippen molar-refractivity contribution in [3.63, 3.8) is 0 Å². The quantitative estimate of drug-likeness (QED) is 0.577. The minimum Gasteiger partial charge on any atom is -0.358 e. The summed E-state index contributed by atoms with van der Waals surface area (Å²) in [4.78, 5) is 26.2. The summed E-state index contributed by atoms with van der Waals surface area (Å²) in [7, 11) is 0. The van der Waals surface area contributed by atoms with E-state index in [1.54, 1.807) is 35.5 Å². The lowest BCUT2D eigenvalue weighted by Gasteiger charge is -2.27. The summed E-state index contributed by atoms with van der Waals surface area (Å²) in [5.74, 6) is 0.657. The van der Waals surface area contributed by atoms with Crippen molar-refractivity contribution >= 4 is 16.8 Å². The molecule has 8 heteroatoms. The van der Waals surface area contributed by atoms with Crippen LogP contribution in [0.5, 0.6) is 0 Å². The molecule has 0 radical (unpaired) electrons. The maximum absolute atomic E-state index is 13.7. The van der Waals surface area contributed by atoms with Crippen LogP contribution in [0.1, 0.15) is 23.6 Å². The molecule has 1 amide bonds. The Labute approximate surface area is 165 Å². The number of aromatic nitrogens is 4. The first-order valence-corrected chi connectivity index (χ1v) is 9.47. The van der Waals surface area contributed by atoms with Gasteiger partial charge in [-0.05, 0) is 30.3 Å². The lowest BCUT2D eigenvalue weighted by molar-refractivity contribution is -0.132. The highest BCUT2D eigenvalue weighted by atomic mass is 19.1. The molecule has 0 bridgehead atoms. The number of pyridine rings is 1. The molecule has 4 heterocycles. The molecule has 0 spiro atoms. The largest absolute Gasteiger partial charge is 0.358 e. The molecule has 5 rings (SSSR count). The Hall–Kier alpha value is -3.55. The lowest BCUT2D eigenvalue weighted by atomic mass is 10.0. The number of hydrogen-bond acceptors (Lipinski definition) is 5. The summed E-state index contributed by atoms with van der Waals surface area (Å²) in [5.41, 5.74) is 3.79. The van der Waals surface area contributed by atoms with Crippen LogP contribution in [-0.4, -0.2) is 37.5 Å². The van der Waals surface area contributed by atoms with Gasteiger partial charge in [-0.2, -0.15) is 4.98 Å². The molecular formula is C21H18FN5O2. The van der Waals surface area contributed by atoms with Gasteiger partial charge in [-0.15, -0.1) is 0 Å². The Balaban J connectivity index is 1.26. The number of aromatic amines is 1. The average Bonchev–Trinajstić information content (AvgIpc) is 3.37. The predicted molar refractivity (Wildman–Crippen MR) is 103 cm³/mol. The third-order valence-corrected chi connectivity index (χ3v) is 5.25. The smallest absolute Gasteiger partial charge is 0.227 e. The number of carbonyl (C=O) groups is 1. The van der Waals surface area contributed by atoms with Gasteiger partial charge in [0.05, 0.1) is 0 Å². The minimum absolute atomic E-state index is 0.0186. The van der Waals surface area contributed by atoms with Gasteiger partial charge in [-0.3, -0.25) is 9.78 Å². The zero-order valence-electron chi connectivity index (χ0n) is 15.6. The second kappa shape index (κ2) is 7.12. The number of benzene rings is 1. The van der Waals surface area contributed by atoms with Gasteiger partial charge >= 0.3 is 0 Å². The van der Waals surface area contributed by atoms with Crippen LogP contribution in [0.4, 0.5) is 4.39 Å². The first kappa shape index (κ1) is 17.5. The van der Waals surface area contributed by atoms with Gasteiger partial charge in [0.1, 0.15) is 5.82 Å². The van der Waals surface area contributed by atoms with Gasteiger partial charge in [-0.1, -0.05) is 5.16 Å². The highest BCUT2D eigenvalue weighted by Gasteiger charge is 2.24. The number of fused-ring (bicyclic) bond motifs is 3. The van der Waals surface area contributed by atoms with E-state index in [0.717, 1.165) is 34.1 Å². The first-order chi connectivity index (χ1) is 14.2. The molecule has 0 aliphatic carbocycles. The molecule has 0 atom stereocenters. The Morgan fingerprint density at radius 3 is 2.97 bits per heavy atom. The molecule has 1 aliphatic rings. The molecule has 0 saturated heterocycles. The number of rotatable bonds is 4. The van der Waals surface area contributed by atoms with Crippen molar-refractivity contribution in [3.05, 3.63) is 65.7 Å². The summed E-state index contributed by atoms with van der Waals surface area (Å²) in [5, 5.41) is 4.81. The summed E-state index contributed by atoms with van der Waals surface area (Å²) in [6.07, 6.45) is 4.71. The number of nitrogens with zero attached hydrogens (tertiary/aromatic N) is 4. The zero-order chi connectivity index (χ0) is 19.8. The second-order valence-electron chi connectivity index (χ2n) is 7.08. The number of H-pyrrole nitrogens is 1. The number of aryl methyl sites for hydroxylation is 1. The second-order valence-corrected chi connectivity index (χ2v) is 7.08. The zero-order valence-corrected chi connectivity index (χ0v) is 15.6. The lowest BCUT2D eigenvalue weighted by Crippen LogP contribution is -2.35. The molecule has 0 unspecified atom stereocenters. The van der Waals surface area contributed by atoms with E-state index in [2.05, 4.69) is 20.1 Å². The van der Waals surface area contributed by atoms with Crippen molar-refractivity contribution in [1.29, 1.82) is 0 Å². The van der Waals surface area contributed by atoms with E-state index in [-0.39, 0.29) is 18.1 Å². The molecule has 0 fully saturated rings. The van der Waals surface area contributed by atoms with Crippen LogP contribution in [0, 0.1) is 5.82 Å². The normalized spacial score (nSPS) is 13.6. The van der Waals surface area contributed by atoms with Gasteiger partial charge in [0, 0.05) is 72.5 Å². The van der Waals surface area contributed by atoms with Crippen LogP contribution >= 0.6 is 0 Å². The van der Waals surface area contributed by atoms with Gasteiger partial charge in [-0.25, -0.2) is 4.39 Å². The highest BCUT2D eigenvalue weighted by Crippen LogP contribution is 2.28. The fourth-order valence-electron chi connectivity index (χ4n) is 3.75. The van der Waals surface area contributed by atoms with Crippen LogP contribution < -0.4 is 0 Å². The molecule has 29 heavy (non-hydrogen) atoms. The van der Waals surface area contributed by atoms with E-state index in [1.807, 2.05) is 0 Å².